The molecule has 0 spiro atoms. The summed E-state index contributed by atoms with van der Waals surface area (Å²) in [6.07, 6.45) is 7.95. The molecule has 0 bridgehead atoms. The summed E-state index contributed by atoms with van der Waals surface area (Å²) in [6, 6.07) is 11.0. The fourth-order valence-corrected chi connectivity index (χ4v) is 5.51. The number of aryl methyl sites for hydroxylation is 1. The monoisotopic (exact) mass is 423 g/mol. The lowest BCUT2D eigenvalue weighted by Gasteiger charge is -2.27. The van der Waals surface area contributed by atoms with E-state index in [1.807, 2.05) is 37.5 Å². The van der Waals surface area contributed by atoms with Crippen molar-refractivity contribution in [2.75, 3.05) is 19.6 Å². The van der Waals surface area contributed by atoms with Crippen molar-refractivity contribution in [1.82, 2.24) is 24.2 Å². The van der Waals surface area contributed by atoms with Gasteiger partial charge in [0.1, 0.15) is 0 Å². The molecule has 8 heteroatoms. The molecule has 1 saturated heterocycles. The average molecular weight is 424 g/mol. The van der Waals surface area contributed by atoms with E-state index in [4.69, 9.17) is 0 Å². The van der Waals surface area contributed by atoms with Crippen LogP contribution in [0.25, 0.3) is 21.9 Å². The molecule has 1 atom stereocenters. The SMILES string of the molecule is Cn1cc(C(CNS(=O)(=O)c2ccc3cc[nH]c3c2)N2CCCC2)c2ncccc21. The second-order valence-corrected chi connectivity index (χ2v) is 9.67. The van der Waals surface area contributed by atoms with E-state index in [9.17, 15) is 8.42 Å². The molecule has 0 amide bonds. The third kappa shape index (κ3) is 3.40. The second-order valence-electron chi connectivity index (χ2n) is 7.90. The van der Waals surface area contributed by atoms with Crippen molar-refractivity contribution < 1.29 is 8.42 Å². The molecule has 1 aliphatic rings. The molecule has 1 aromatic carbocycles. The summed E-state index contributed by atoms with van der Waals surface area (Å²) in [5.41, 5.74) is 3.87. The maximum atomic E-state index is 13.1. The molecule has 30 heavy (non-hydrogen) atoms. The normalized spacial score (nSPS) is 16.6. The number of aromatic nitrogens is 3. The number of hydrogen-bond acceptors (Lipinski definition) is 4. The third-order valence-electron chi connectivity index (χ3n) is 6.02. The van der Waals surface area contributed by atoms with Crippen LogP contribution in [0, 0.1) is 0 Å². The fraction of sp³-hybridized carbons (Fsp3) is 0.318. The van der Waals surface area contributed by atoms with E-state index in [0.29, 0.717) is 6.54 Å². The van der Waals surface area contributed by atoms with Crippen molar-refractivity contribution >= 4 is 32.0 Å². The molecule has 3 aromatic heterocycles. The zero-order valence-electron chi connectivity index (χ0n) is 16.9. The minimum Gasteiger partial charge on any atom is -0.361 e. The standard InChI is InChI=1S/C22H25N5O2S/c1-26-15-18(22-20(26)5-4-9-24-22)21(27-11-2-3-12-27)14-25-30(28,29)17-7-6-16-8-10-23-19(16)13-17/h4-10,13,15,21,23,25H,2-3,11-12,14H2,1H3. The van der Waals surface area contributed by atoms with Crippen molar-refractivity contribution in [3.05, 3.63) is 60.6 Å². The molecule has 0 saturated carbocycles. The molecule has 0 radical (unpaired) electrons. The first kappa shape index (κ1) is 19.3. The molecule has 4 heterocycles. The van der Waals surface area contributed by atoms with Crippen LogP contribution in [0.15, 0.2) is 59.9 Å². The predicted molar refractivity (Wildman–Crippen MR) is 118 cm³/mol. The Kier molecular flexibility index (Phi) is 4.85. The second kappa shape index (κ2) is 7.54. The Balaban J connectivity index is 1.46. The summed E-state index contributed by atoms with van der Waals surface area (Å²) in [5.74, 6) is 0. The molecule has 2 N–H and O–H groups in total. The Hall–Kier alpha value is -2.68. The molecule has 156 valence electrons. The van der Waals surface area contributed by atoms with Crippen LogP contribution < -0.4 is 4.72 Å². The number of benzene rings is 1. The van der Waals surface area contributed by atoms with E-state index in [2.05, 4.69) is 30.4 Å². The molecule has 1 fully saturated rings. The third-order valence-corrected chi connectivity index (χ3v) is 7.44. The average Bonchev–Trinajstić information content (AvgIpc) is 3.49. The van der Waals surface area contributed by atoms with Crippen LogP contribution in [0.2, 0.25) is 0 Å². The smallest absolute Gasteiger partial charge is 0.240 e. The van der Waals surface area contributed by atoms with Gasteiger partial charge in [-0.05, 0) is 61.6 Å². The number of sulfonamides is 1. The number of pyridine rings is 1. The Bertz CT molecular complexity index is 1300. The molecular formula is C22H25N5O2S. The Morgan fingerprint density at radius 1 is 1.20 bits per heavy atom. The van der Waals surface area contributed by atoms with Crippen molar-refractivity contribution in [3.8, 4) is 0 Å². The maximum Gasteiger partial charge on any atom is 0.240 e. The van der Waals surface area contributed by atoms with E-state index in [-0.39, 0.29) is 10.9 Å². The van der Waals surface area contributed by atoms with Crippen LogP contribution in [-0.4, -0.2) is 47.5 Å². The van der Waals surface area contributed by atoms with Crippen LogP contribution in [0.3, 0.4) is 0 Å². The van der Waals surface area contributed by atoms with Gasteiger partial charge in [-0.1, -0.05) is 6.07 Å². The number of hydrogen-bond donors (Lipinski definition) is 2. The molecular weight excluding hydrogens is 398 g/mol. The van der Waals surface area contributed by atoms with E-state index >= 15 is 0 Å². The highest BCUT2D eigenvalue weighted by atomic mass is 32.2. The fourth-order valence-electron chi connectivity index (χ4n) is 4.44. The van der Waals surface area contributed by atoms with E-state index in [0.717, 1.165) is 53.4 Å². The Labute approximate surface area is 175 Å². The lowest BCUT2D eigenvalue weighted by molar-refractivity contribution is 0.247. The van der Waals surface area contributed by atoms with Crippen LogP contribution in [0.5, 0.6) is 0 Å². The minimum atomic E-state index is -3.63. The van der Waals surface area contributed by atoms with Gasteiger partial charge in [0.25, 0.3) is 0 Å². The number of likely N-dealkylation sites (tertiary alicyclic amines) is 1. The lowest BCUT2D eigenvalue weighted by atomic mass is 10.1. The highest BCUT2D eigenvalue weighted by molar-refractivity contribution is 7.89. The van der Waals surface area contributed by atoms with Crippen LogP contribution >= 0.6 is 0 Å². The lowest BCUT2D eigenvalue weighted by Crippen LogP contribution is -2.36. The van der Waals surface area contributed by atoms with Crippen LogP contribution in [0.4, 0.5) is 0 Å². The van der Waals surface area contributed by atoms with Gasteiger partial charge in [-0.25, -0.2) is 13.1 Å². The van der Waals surface area contributed by atoms with Gasteiger partial charge in [0.05, 0.1) is 22.0 Å². The minimum absolute atomic E-state index is 0.0601. The molecule has 4 aromatic rings. The van der Waals surface area contributed by atoms with Gasteiger partial charge in [0.15, 0.2) is 0 Å². The van der Waals surface area contributed by atoms with Crippen LogP contribution in [0.1, 0.15) is 24.4 Å². The highest BCUT2D eigenvalue weighted by Crippen LogP contribution is 2.31. The summed E-state index contributed by atoms with van der Waals surface area (Å²) in [6.45, 7) is 2.23. The van der Waals surface area contributed by atoms with Gasteiger partial charge < -0.3 is 9.55 Å². The molecule has 1 aliphatic heterocycles. The zero-order chi connectivity index (χ0) is 20.7. The number of nitrogens with one attached hydrogen (secondary N) is 2. The van der Waals surface area contributed by atoms with E-state index in [1.165, 1.54) is 0 Å². The van der Waals surface area contributed by atoms with Gasteiger partial charge >= 0.3 is 0 Å². The first-order chi connectivity index (χ1) is 14.5. The number of H-pyrrole nitrogens is 1. The van der Waals surface area contributed by atoms with E-state index in [1.54, 1.807) is 18.3 Å². The predicted octanol–water partition coefficient (Wildman–Crippen LogP) is 3.17. The van der Waals surface area contributed by atoms with Gasteiger partial charge in [-0.15, -0.1) is 0 Å². The van der Waals surface area contributed by atoms with Crippen LogP contribution in [-0.2, 0) is 17.1 Å². The number of rotatable bonds is 6. The number of aromatic amines is 1. The topological polar surface area (TPSA) is 83.0 Å². The maximum absolute atomic E-state index is 13.1. The Morgan fingerprint density at radius 2 is 2.03 bits per heavy atom. The molecule has 5 rings (SSSR count). The first-order valence-electron chi connectivity index (χ1n) is 10.2. The number of nitrogens with zero attached hydrogens (tertiary/aromatic N) is 3. The number of fused-ring (bicyclic) bond motifs is 2. The summed E-state index contributed by atoms with van der Waals surface area (Å²) in [7, 11) is -1.63. The summed E-state index contributed by atoms with van der Waals surface area (Å²) in [4.78, 5) is 10.3. The highest BCUT2D eigenvalue weighted by Gasteiger charge is 2.28. The molecule has 7 nitrogen and oxygen atoms in total. The Morgan fingerprint density at radius 3 is 2.87 bits per heavy atom. The summed E-state index contributed by atoms with van der Waals surface area (Å²) >= 11 is 0. The largest absolute Gasteiger partial charge is 0.361 e. The van der Waals surface area contributed by atoms with Gasteiger partial charge in [0.2, 0.25) is 10.0 Å². The van der Waals surface area contributed by atoms with Gasteiger partial charge in [-0.3, -0.25) is 9.88 Å². The quantitative estimate of drug-likeness (QED) is 0.499. The zero-order valence-corrected chi connectivity index (χ0v) is 17.7. The first-order valence-corrected chi connectivity index (χ1v) is 11.7. The van der Waals surface area contributed by atoms with Crippen molar-refractivity contribution in [2.45, 2.75) is 23.8 Å². The summed E-state index contributed by atoms with van der Waals surface area (Å²) in [5, 5.41) is 0.991. The van der Waals surface area contributed by atoms with Crippen molar-refractivity contribution in [3.63, 3.8) is 0 Å². The molecule has 0 aliphatic carbocycles. The van der Waals surface area contributed by atoms with Gasteiger partial charge in [0, 0.05) is 43.3 Å². The summed E-state index contributed by atoms with van der Waals surface area (Å²) < 4.78 is 31.0. The van der Waals surface area contributed by atoms with Gasteiger partial charge in [-0.2, -0.15) is 0 Å². The van der Waals surface area contributed by atoms with Crippen molar-refractivity contribution in [1.29, 1.82) is 0 Å². The van der Waals surface area contributed by atoms with Crippen molar-refractivity contribution in [2.24, 2.45) is 7.05 Å². The molecule has 1 unspecified atom stereocenters. The van der Waals surface area contributed by atoms with E-state index < -0.39 is 10.0 Å².